The van der Waals surface area contributed by atoms with Crippen LogP contribution in [0.3, 0.4) is 0 Å². The van der Waals surface area contributed by atoms with Crippen LogP contribution in [0.5, 0.6) is 5.75 Å². The summed E-state index contributed by atoms with van der Waals surface area (Å²) in [6, 6.07) is 10.0. The molecule has 5 heterocycles. The number of rotatable bonds is 9. The van der Waals surface area contributed by atoms with Gasteiger partial charge in [0.05, 0.1) is 24.5 Å². The maximum absolute atomic E-state index is 14.5. The number of nitrogens with zero attached hydrogens (tertiary/aromatic N) is 4. The number of ether oxygens (including phenoxy) is 2. The number of amides is 1. The van der Waals surface area contributed by atoms with Crippen molar-refractivity contribution in [3.8, 4) is 38.8 Å². The Kier molecular flexibility index (Phi) is 8.44. The molecule has 0 N–H and O–H groups in total. The zero-order chi connectivity index (χ0) is 31.0. The highest BCUT2D eigenvalue weighted by molar-refractivity contribution is 7.18. The summed E-state index contributed by atoms with van der Waals surface area (Å²) in [4.78, 5) is 38.4. The summed E-state index contributed by atoms with van der Waals surface area (Å²) >= 11 is 3.02. The van der Waals surface area contributed by atoms with Gasteiger partial charge in [-0.15, -0.1) is 22.7 Å². The second-order valence-corrected chi connectivity index (χ2v) is 12.7. The Morgan fingerprint density at radius 3 is 2.75 bits per heavy atom. The van der Waals surface area contributed by atoms with Crippen molar-refractivity contribution in [2.45, 2.75) is 32.9 Å². The minimum absolute atomic E-state index is 0.0211. The summed E-state index contributed by atoms with van der Waals surface area (Å²) in [7, 11) is 1.58. The molecular weight excluding hydrogens is 600 g/mol. The normalized spacial score (nSPS) is 13.0. The van der Waals surface area contributed by atoms with Gasteiger partial charge >= 0.3 is 0 Å². The number of methoxy groups -OCH3 is 1. The van der Waals surface area contributed by atoms with Crippen molar-refractivity contribution in [3.05, 3.63) is 87.4 Å². The standard InChI is InChI=1S/C33H31FN4O4S2/c1-5-27(39)37-11-9-24-26(18-37)44-33(35-24)31-29(22-7-6-21(34)17-25(22)42-14-13-41-4)32-23(10-15-43-32)30(36-31)20-8-12-38(19(2)3)28(40)16-20/h5-8,10,12,15-17,19H,1,9,11,13-14,18H2,2-4H3. The number of thiophene rings is 1. The molecule has 6 rings (SSSR count). The minimum atomic E-state index is -0.419. The smallest absolute Gasteiger partial charge is 0.251 e. The summed E-state index contributed by atoms with van der Waals surface area (Å²) in [5, 5.41) is 3.53. The lowest BCUT2D eigenvalue weighted by Gasteiger charge is -2.24. The van der Waals surface area contributed by atoms with Gasteiger partial charge in [-0.05, 0) is 49.6 Å². The number of carbonyl (C=O) groups is 1. The van der Waals surface area contributed by atoms with Crippen LogP contribution in [0.1, 0.15) is 30.5 Å². The van der Waals surface area contributed by atoms with Crippen molar-refractivity contribution in [1.29, 1.82) is 0 Å². The molecule has 0 saturated heterocycles. The van der Waals surface area contributed by atoms with E-state index in [9.17, 15) is 14.0 Å². The molecule has 1 amide bonds. The highest BCUT2D eigenvalue weighted by Crippen LogP contribution is 2.47. The molecule has 1 aliphatic rings. The number of hydrogen-bond acceptors (Lipinski definition) is 8. The molecular formula is C33H31FN4O4S2. The maximum Gasteiger partial charge on any atom is 0.251 e. The number of carbonyl (C=O) groups excluding carboxylic acids is 1. The molecule has 0 spiro atoms. The van der Waals surface area contributed by atoms with E-state index >= 15 is 0 Å². The fourth-order valence-corrected chi connectivity index (χ4v) is 7.46. The van der Waals surface area contributed by atoms with Crippen molar-refractivity contribution >= 4 is 38.7 Å². The van der Waals surface area contributed by atoms with E-state index < -0.39 is 5.82 Å². The molecule has 1 aliphatic heterocycles. The van der Waals surface area contributed by atoms with Crippen molar-refractivity contribution in [3.63, 3.8) is 0 Å². The van der Waals surface area contributed by atoms with Crippen LogP contribution in [0.25, 0.3) is 43.2 Å². The number of fused-ring (bicyclic) bond motifs is 2. The molecule has 1 aromatic carbocycles. The molecule has 4 aromatic heterocycles. The van der Waals surface area contributed by atoms with Gasteiger partial charge in [-0.25, -0.2) is 14.4 Å². The third kappa shape index (κ3) is 5.58. The topological polar surface area (TPSA) is 86.6 Å². The molecule has 0 radical (unpaired) electrons. The second kappa shape index (κ2) is 12.4. The summed E-state index contributed by atoms with van der Waals surface area (Å²) in [5.41, 5.74) is 4.22. The predicted octanol–water partition coefficient (Wildman–Crippen LogP) is 6.73. The van der Waals surface area contributed by atoms with Crippen molar-refractivity contribution < 1.29 is 18.7 Å². The molecule has 0 saturated carbocycles. The van der Waals surface area contributed by atoms with Gasteiger partial charge in [0, 0.05) is 76.1 Å². The fourth-order valence-electron chi connectivity index (χ4n) is 5.38. The van der Waals surface area contributed by atoms with E-state index in [1.54, 1.807) is 34.9 Å². The maximum atomic E-state index is 14.5. The van der Waals surface area contributed by atoms with E-state index in [0.29, 0.717) is 59.4 Å². The largest absolute Gasteiger partial charge is 0.490 e. The Balaban J connectivity index is 1.59. The Morgan fingerprint density at radius 2 is 2.00 bits per heavy atom. The van der Waals surface area contributed by atoms with Crippen LogP contribution < -0.4 is 10.3 Å². The van der Waals surface area contributed by atoms with Gasteiger partial charge in [-0.1, -0.05) is 6.58 Å². The van der Waals surface area contributed by atoms with Crippen LogP contribution in [0, 0.1) is 5.82 Å². The van der Waals surface area contributed by atoms with Crippen LogP contribution >= 0.6 is 22.7 Å². The van der Waals surface area contributed by atoms with Crippen LogP contribution in [0.4, 0.5) is 4.39 Å². The lowest BCUT2D eigenvalue weighted by molar-refractivity contribution is -0.126. The lowest BCUT2D eigenvalue weighted by atomic mass is 9.98. The summed E-state index contributed by atoms with van der Waals surface area (Å²) in [5.74, 6) is -0.166. The number of thiazole rings is 1. The van der Waals surface area contributed by atoms with Gasteiger partial charge in [0.2, 0.25) is 5.91 Å². The first-order valence-electron chi connectivity index (χ1n) is 14.2. The third-order valence-corrected chi connectivity index (χ3v) is 9.58. The monoisotopic (exact) mass is 630 g/mol. The quantitative estimate of drug-likeness (QED) is 0.133. The van der Waals surface area contributed by atoms with E-state index in [0.717, 1.165) is 26.2 Å². The molecule has 44 heavy (non-hydrogen) atoms. The summed E-state index contributed by atoms with van der Waals surface area (Å²) in [6.45, 7) is 9.14. The Labute approximate surface area is 262 Å². The average molecular weight is 631 g/mol. The van der Waals surface area contributed by atoms with E-state index in [-0.39, 0.29) is 24.1 Å². The molecule has 0 bridgehead atoms. The van der Waals surface area contributed by atoms with E-state index in [4.69, 9.17) is 19.4 Å². The SMILES string of the molecule is C=CC(=O)N1CCc2nc(-c3nc(-c4ccn(C(C)C)c(=O)c4)c4ccsc4c3-c3ccc(F)cc3OCCOC)sc2C1. The number of pyridine rings is 2. The second-order valence-electron chi connectivity index (χ2n) is 10.7. The van der Waals surface area contributed by atoms with Gasteiger partial charge in [-0.2, -0.15) is 0 Å². The molecule has 5 aromatic rings. The molecule has 0 aliphatic carbocycles. The molecule has 0 fully saturated rings. The van der Waals surface area contributed by atoms with Gasteiger partial charge in [0.25, 0.3) is 5.56 Å². The lowest BCUT2D eigenvalue weighted by Crippen LogP contribution is -2.34. The van der Waals surface area contributed by atoms with Crippen LogP contribution in [0.15, 0.2) is 65.4 Å². The van der Waals surface area contributed by atoms with Gasteiger partial charge in [-0.3, -0.25) is 9.59 Å². The van der Waals surface area contributed by atoms with Gasteiger partial charge < -0.3 is 18.9 Å². The zero-order valence-electron chi connectivity index (χ0n) is 24.6. The Hall–Kier alpha value is -4.19. The average Bonchev–Trinajstić information content (AvgIpc) is 3.67. The molecule has 0 unspecified atom stereocenters. The molecule has 226 valence electrons. The van der Waals surface area contributed by atoms with Crippen LogP contribution in [-0.2, 0) is 22.5 Å². The zero-order valence-corrected chi connectivity index (χ0v) is 26.3. The van der Waals surface area contributed by atoms with Gasteiger partial charge in [0.1, 0.15) is 28.9 Å². The van der Waals surface area contributed by atoms with E-state index in [2.05, 4.69) is 6.58 Å². The molecule has 8 nitrogen and oxygen atoms in total. The van der Waals surface area contributed by atoms with Crippen LogP contribution in [0.2, 0.25) is 0 Å². The number of hydrogen-bond donors (Lipinski definition) is 0. The summed E-state index contributed by atoms with van der Waals surface area (Å²) in [6.07, 6.45) is 3.74. The van der Waals surface area contributed by atoms with E-state index in [1.165, 1.54) is 40.9 Å². The minimum Gasteiger partial charge on any atom is -0.490 e. The number of benzene rings is 1. The highest BCUT2D eigenvalue weighted by Gasteiger charge is 2.28. The molecule has 0 atom stereocenters. The first-order chi connectivity index (χ1) is 21.3. The summed E-state index contributed by atoms with van der Waals surface area (Å²) < 4.78 is 28.3. The van der Waals surface area contributed by atoms with Crippen molar-refractivity contribution in [1.82, 2.24) is 19.4 Å². The third-order valence-electron chi connectivity index (χ3n) is 7.56. The van der Waals surface area contributed by atoms with Crippen molar-refractivity contribution in [2.24, 2.45) is 0 Å². The first-order valence-corrected chi connectivity index (χ1v) is 15.9. The highest BCUT2D eigenvalue weighted by atomic mass is 32.1. The number of halogens is 1. The fraction of sp³-hybridized carbons (Fsp3) is 0.273. The van der Waals surface area contributed by atoms with Crippen LogP contribution in [-0.4, -0.2) is 52.2 Å². The Morgan fingerprint density at radius 1 is 1.16 bits per heavy atom. The number of aromatic nitrogens is 3. The Bertz CT molecular complexity index is 1940. The first kappa shape index (κ1) is 29.9. The van der Waals surface area contributed by atoms with Gasteiger partial charge in [0.15, 0.2) is 0 Å². The van der Waals surface area contributed by atoms with E-state index in [1.807, 2.05) is 31.4 Å². The van der Waals surface area contributed by atoms with Crippen molar-refractivity contribution in [2.75, 3.05) is 26.9 Å². The predicted molar refractivity (Wildman–Crippen MR) is 173 cm³/mol. The molecule has 11 heteroatoms.